The fourth-order valence-corrected chi connectivity index (χ4v) is 3.74. The molecule has 0 unspecified atom stereocenters. The maximum atomic E-state index is 12.8. The maximum absolute atomic E-state index is 12.8. The number of hydrogen-bond acceptors (Lipinski definition) is 4. The van der Waals surface area contributed by atoms with Gasteiger partial charge in [0.15, 0.2) is 6.61 Å². The number of carbonyl (C=O) groups excluding carboxylic acids is 3. The molecule has 0 heterocycles. The minimum Gasteiger partial charge on any atom is -0.454 e. The minimum atomic E-state index is -0.884. The first-order valence-electron chi connectivity index (χ1n) is 11.5. The third kappa shape index (κ3) is 7.97. The Morgan fingerprint density at radius 1 is 0.800 bits per heavy atom. The van der Waals surface area contributed by atoms with Gasteiger partial charge in [0.25, 0.3) is 11.8 Å². The van der Waals surface area contributed by atoms with E-state index in [0.717, 1.165) is 11.1 Å². The summed E-state index contributed by atoms with van der Waals surface area (Å²) in [6.07, 6.45) is 0.371. The van der Waals surface area contributed by atoms with Crippen LogP contribution >= 0.6 is 11.6 Å². The van der Waals surface area contributed by atoms with Crippen molar-refractivity contribution in [3.05, 3.63) is 107 Å². The molecule has 0 aliphatic carbocycles. The number of hydrogen-bond donors (Lipinski definition) is 2. The topological polar surface area (TPSA) is 84.5 Å². The smallest absolute Gasteiger partial charge is 0.329 e. The molecule has 0 spiro atoms. The Balaban J connectivity index is 1.64. The second-order valence-corrected chi connectivity index (χ2v) is 9.03. The molecule has 0 fully saturated rings. The number of ether oxygens (including phenoxy) is 1. The summed E-state index contributed by atoms with van der Waals surface area (Å²) in [5.41, 5.74) is 2.19. The van der Waals surface area contributed by atoms with Crippen LogP contribution in [0.4, 0.5) is 0 Å². The van der Waals surface area contributed by atoms with E-state index in [1.54, 1.807) is 24.3 Å². The molecule has 3 aromatic rings. The Labute approximate surface area is 210 Å². The molecular weight excluding hydrogens is 464 g/mol. The molecule has 0 aliphatic heterocycles. The van der Waals surface area contributed by atoms with Crippen LogP contribution in [-0.2, 0) is 14.3 Å². The molecule has 6 nitrogen and oxygen atoms in total. The normalized spacial score (nSPS) is 11.7. The molecule has 0 aromatic heterocycles. The lowest BCUT2D eigenvalue weighted by molar-refractivity contribution is -0.150. The van der Waals surface area contributed by atoms with Gasteiger partial charge >= 0.3 is 5.97 Å². The molecule has 35 heavy (non-hydrogen) atoms. The summed E-state index contributed by atoms with van der Waals surface area (Å²) in [5.74, 6) is -1.40. The van der Waals surface area contributed by atoms with Gasteiger partial charge in [0.05, 0.1) is 6.04 Å². The third-order valence-corrected chi connectivity index (χ3v) is 5.57. The number of halogens is 1. The van der Waals surface area contributed by atoms with E-state index in [1.165, 1.54) is 0 Å². The van der Waals surface area contributed by atoms with Crippen molar-refractivity contribution in [2.45, 2.75) is 32.4 Å². The molecule has 0 radical (unpaired) electrons. The number of esters is 1. The highest BCUT2D eigenvalue weighted by Crippen LogP contribution is 2.21. The summed E-state index contributed by atoms with van der Waals surface area (Å²) in [6, 6.07) is 24.2. The molecule has 0 saturated heterocycles. The van der Waals surface area contributed by atoms with Crippen LogP contribution in [0.1, 0.15) is 47.8 Å². The molecule has 2 amide bonds. The first-order chi connectivity index (χ1) is 16.8. The zero-order valence-corrected chi connectivity index (χ0v) is 20.5. The Morgan fingerprint density at radius 3 is 1.86 bits per heavy atom. The van der Waals surface area contributed by atoms with Crippen LogP contribution in [0.15, 0.2) is 84.9 Å². The van der Waals surface area contributed by atoms with Crippen LogP contribution in [0, 0.1) is 5.92 Å². The average Bonchev–Trinajstić information content (AvgIpc) is 2.86. The van der Waals surface area contributed by atoms with Crippen LogP contribution in [-0.4, -0.2) is 30.4 Å². The predicted molar refractivity (Wildman–Crippen MR) is 136 cm³/mol. The van der Waals surface area contributed by atoms with Gasteiger partial charge in [-0.15, -0.1) is 0 Å². The van der Waals surface area contributed by atoms with Crippen molar-refractivity contribution < 1.29 is 19.1 Å². The number of amides is 2. The van der Waals surface area contributed by atoms with E-state index in [4.69, 9.17) is 16.3 Å². The van der Waals surface area contributed by atoms with Crippen molar-refractivity contribution in [2.75, 3.05) is 6.61 Å². The summed E-state index contributed by atoms with van der Waals surface area (Å²) in [7, 11) is 0. The van der Waals surface area contributed by atoms with Gasteiger partial charge in [-0.25, -0.2) is 4.79 Å². The lowest BCUT2D eigenvalue weighted by Crippen LogP contribution is -2.44. The molecule has 3 rings (SSSR count). The zero-order chi connectivity index (χ0) is 25.2. The van der Waals surface area contributed by atoms with E-state index in [9.17, 15) is 14.4 Å². The van der Waals surface area contributed by atoms with Gasteiger partial charge in [-0.1, -0.05) is 86.1 Å². The van der Waals surface area contributed by atoms with E-state index >= 15 is 0 Å². The number of carbonyl (C=O) groups is 3. The van der Waals surface area contributed by atoms with Crippen LogP contribution in [0.25, 0.3) is 0 Å². The molecule has 2 N–H and O–H groups in total. The third-order valence-electron chi connectivity index (χ3n) is 5.32. The van der Waals surface area contributed by atoms with Crippen molar-refractivity contribution >= 4 is 29.4 Å². The highest BCUT2D eigenvalue weighted by molar-refractivity contribution is 6.30. The lowest BCUT2D eigenvalue weighted by Gasteiger charge is -2.21. The van der Waals surface area contributed by atoms with Gasteiger partial charge in [-0.05, 0) is 47.7 Å². The fraction of sp³-hybridized carbons (Fsp3) is 0.250. The van der Waals surface area contributed by atoms with Crippen molar-refractivity contribution in [3.63, 3.8) is 0 Å². The van der Waals surface area contributed by atoms with Crippen LogP contribution in [0.5, 0.6) is 0 Å². The monoisotopic (exact) mass is 492 g/mol. The molecule has 1 atom stereocenters. The Morgan fingerprint density at radius 2 is 1.34 bits per heavy atom. The van der Waals surface area contributed by atoms with E-state index < -0.39 is 30.4 Å². The van der Waals surface area contributed by atoms with Crippen LogP contribution < -0.4 is 10.6 Å². The minimum absolute atomic E-state index is 0.118. The predicted octanol–water partition coefficient (Wildman–Crippen LogP) is 4.93. The highest BCUT2D eigenvalue weighted by Gasteiger charge is 2.25. The van der Waals surface area contributed by atoms with Crippen molar-refractivity contribution in [3.8, 4) is 0 Å². The van der Waals surface area contributed by atoms with Crippen LogP contribution in [0.3, 0.4) is 0 Å². The second kappa shape index (κ2) is 12.7. The summed E-state index contributed by atoms with van der Waals surface area (Å²) >= 11 is 5.88. The molecule has 7 heteroatoms. The average molecular weight is 493 g/mol. The van der Waals surface area contributed by atoms with Gasteiger partial charge in [0, 0.05) is 10.6 Å². The Bertz CT molecular complexity index is 1080. The van der Waals surface area contributed by atoms with Gasteiger partial charge in [-0.3, -0.25) is 9.59 Å². The van der Waals surface area contributed by atoms with Gasteiger partial charge in [-0.2, -0.15) is 0 Å². The largest absolute Gasteiger partial charge is 0.454 e. The van der Waals surface area contributed by atoms with Gasteiger partial charge in [0.2, 0.25) is 0 Å². The molecule has 0 aliphatic rings. The summed E-state index contributed by atoms with van der Waals surface area (Å²) in [4.78, 5) is 38.1. The van der Waals surface area contributed by atoms with Crippen molar-refractivity contribution in [1.82, 2.24) is 10.6 Å². The van der Waals surface area contributed by atoms with E-state index in [1.807, 2.05) is 74.5 Å². The quantitative estimate of drug-likeness (QED) is 0.393. The lowest BCUT2D eigenvalue weighted by atomic mass is 9.99. The Hall–Kier alpha value is -3.64. The highest BCUT2D eigenvalue weighted by atomic mass is 35.5. The summed E-state index contributed by atoms with van der Waals surface area (Å²) in [6.45, 7) is 3.41. The molecule has 0 bridgehead atoms. The van der Waals surface area contributed by atoms with Crippen molar-refractivity contribution in [1.29, 1.82) is 0 Å². The standard InChI is InChI=1S/C28H29ClN2O4/c1-19(2)17-24(30-27(33)22-13-15-23(29)16-14-22)28(34)35-18-25(32)31-26(20-9-5-3-6-10-20)21-11-7-4-8-12-21/h3-16,19,24,26H,17-18H2,1-2H3,(H,30,33)(H,31,32)/t24-/m0/s1. The first-order valence-corrected chi connectivity index (χ1v) is 11.8. The number of nitrogens with one attached hydrogen (secondary N) is 2. The summed E-state index contributed by atoms with van der Waals surface area (Å²) in [5, 5.41) is 6.16. The van der Waals surface area contributed by atoms with Crippen molar-refractivity contribution in [2.24, 2.45) is 5.92 Å². The van der Waals surface area contributed by atoms with E-state index in [0.29, 0.717) is 17.0 Å². The van der Waals surface area contributed by atoms with E-state index in [2.05, 4.69) is 10.6 Å². The van der Waals surface area contributed by atoms with Crippen LogP contribution in [0.2, 0.25) is 5.02 Å². The van der Waals surface area contributed by atoms with Gasteiger partial charge in [0.1, 0.15) is 6.04 Å². The van der Waals surface area contributed by atoms with Gasteiger partial charge < -0.3 is 15.4 Å². The number of rotatable bonds is 10. The SMILES string of the molecule is CC(C)C[C@H](NC(=O)c1ccc(Cl)cc1)C(=O)OCC(=O)NC(c1ccccc1)c1ccccc1. The molecule has 182 valence electrons. The number of benzene rings is 3. The Kier molecular flexibility index (Phi) is 9.44. The fourth-order valence-electron chi connectivity index (χ4n) is 3.62. The molecule has 0 saturated carbocycles. The summed E-state index contributed by atoms with van der Waals surface area (Å²) < 4.78 is 5.31. The van der Waals surface area contributed by atoms with E-state index in [-0.39, 0.29) is 12.0 Å². The maximum Gasteiger partial charge on any atom is 0.329 e. The zero-order valence-electron chi connectivity index (χ0n) is 19.7. The molecular formula is C28H29ClN2O4. The molecule has 3 aromatic carbocycles. The first kappa shape index (κ1) is 26.0. The second-order valence-electron chi connectivity index (χ2n) is 8.59.